The molecule has 17 heavy (non-hydrogen) atoms. The number of aliphatic hydroxyl groups excluding tert-OH is 1. The number of nitrogens with zero attached hydrogens (tertiary/aromatic N) is 1. The highest BCUT2D eigenvalue weighted by molar-refractivity contribution is 4.90. The van der Waals surface area contributed by atoms with Gasteiger partial charge in [0.05, 0.1) is 6.10 Å². The van der Waals surface area contributed by atoms with Crippen LogP contribution in [0.15, 0.2) is 0 Å². The van der Waals surface area contributed by atoms with Gasteiger partial charge in [0.15, 0.2) is 0 Å². The average molecular weight is 239 g/mol. The summed E-state index contributed by atoms with van der Waals surface area (Å²) in [5.41, 5.74) is -0.0285. The van der Waals surface area contributed by atoms with Crippen molar-refractivity contribution in [2.24, 2.45) is 5.92 Å². The SMILES string of the molecule is CC(C)(C(O)CCC1CC1)N1CCCCCC1. The molecule has 0 amide bonds. The minimum Gasteiger partial charge on any atom is -0.391 e. The first kappa shape index (κ1) is 13.4. The second kappa shape index (κ2) is 5.71. The summed E-state index contributed by atoms with van der Waals surface area (Å²) < 4.78 is 0. The lowest BCUT2D eigenvalue weighted by Crippen LogP contribution is -2.52. The molecule has 1 aliphatic carbocycles. The van der Waals surface area contributed by atoms with Gasteiger partial charge in [0.1, 0.15) is 0 Å². The highest BCUT2D eigenvalue weighted by Crippen LogP contribution is 2.35. The molecule has 1 atom stereocenters. The molecule has 1 saturated carbocycles. The predicted molar refractivity (Wildman–Crippen MR) is 72.1 cm³/mol. The van der Waals surface area contributed by atoms with E-state index in [1.807, 2.05) is 0 Å². The van der Waals surface area contributed by atoms with E-state index in [1.54, 1.807) is 0 Å². The van der Waals surface area contributed by atoms with Gasteiger partial charge in [-0.15, -0.1) is 0 Å². The van der Waals surface area contributed by atoms with E-state index >= 15 is 0 Å². The van der Waals surface area contributed by atoms with E-state index in [4.69, 9.17) is 0 Å². The molecule has 0 aromatic rings. The number of aliphatic hydroxyl groups is 1. The van der Waals surface area contributed by atoms with Crippen LogP contribution in [0.5, 0.6) is 0 Å². The Balaban J connectivity index is 1.84. The van der Waals surface area contributed by atoms with Gasteiger partial charge in [0.25, 0.3) is 0 Å². The maximum atomic E-state index is 10.5. The molecule has 2 aliphatic rings. The van der Waals surface area contributed by atoms with Gasteiger partial charge in [-0.05, 0) is 58.5 Å². The van der Waals surface area contributed by atoms with Crippen molar-refractivity contribution < 1.29 is 5.11 Å². The number of hydrogen-bond acceptors (Lipinski definition) is 2. The summed E-state index contributed by atoms with van der Waals surface area (Å²) in [7, 11) is 0. The van der Waals surface area contributed by atoms with E-state index < -0.39 is 0 Å². The van der Waals surface area contributed by atoms with E-state index in [-0.39, 0.29) is 11.6 Å². The normalized spacial score (nSPS) is 25.6. The summed E-state index contributed by atoms with van der Waals surface area (Å²) in [5.74, 6) is 0.935. The summed E-state index contributed by atoms with van der Waals surface area (Å²) in [6.45, 7) is 6.81. The fourth-order valence-corrected chi connectivity index (χ4v) is 3.01. The van der Waals surface area contributed by atoms with Gasteiger partial charge >= 0.3 is 0 Å². The third-order valence-corrected chi connectivity index (χ3v) is 4.78. The molecule has 1 heterocycles. The zero-order valence-corrected chi connectivity index (χ0v) is 11.6. The summed E-state index contributed by atoms with van der Waals surface area (Å²) in [6.07, 6.45) is 10.2. The number of hydrogen-bond donors (Lipinski definition) is 1. The van der Waals surface area contributed by atoms with Crippen molar-refractivity contribution in [3.8, 4) is 0 Å². The molecule has 2 nitrogen and oxygen atoms in total. The summed E-state index contributed by atoms with van der Waals surface area (Å²) in [6, 6.07) is 0. The first-order valence-electron chi connectivity index (χ1n) is 7.54. The number of likely N-dealkylation sites (tertiary alicyclic amines) is 1. The van der Waals surface area contributed by atoms with Gasteiger partial charge in [0, 0.05) is 5.54 Å². The van der Waals surface area contributed by atoms with Crippen molar-refractivity contribution in [1.29, 1.82) is 0 Å². The monoisotopic (exact) mass is 239 g/mol. The highest BCUT2D eigenvalue weighted by atomic mass is 16.3. The number of rotatable bonds is 5. The third kappa shape index (κ3) is 3.69. The quantitative estimate of drug-likeness (QED) is 0.796. The molecule has 2 rings (SSSR count). The third-order valence-electron chi connectivity index (χ3n) is 4.78. The Morgan fingerprint density at radius 2 is 1.71 bits per heavy atom. The molecule has 0 radical (unpaired) electrons. The van der Waals surface area contributed by atoms with Crippen LogP contribution < -0.4 is 0 Å². The first-order chi connectivity index (χ1) is 8.10. The Hall–Kier alpha value is -0.0800. The largest absolute Gasteiger partial charge is 0.391 e. The second-order valence-electron chi connectivity index (χ2n) is 6.59. The van der Waals surface area contributed by atoms with Crippen molar-refractivity contribution in [3.05, 3.63) is 0 Å². The Bertz CT molecular complexity index is 227. The maximum Gasteiger partial charge on any atom is 0.0718 e. The van der Waals surface area contributed by atoms with Crippen LogP contribution in [0.25, 0.3) is 0 Å². The van der Waals surface area contributed by atoms with Gasteiger partial charge < -0.3 is 5.11 Å². The molecule has 2 heteroatoms. The lowest BCUT2D eigenvalue weighted by atomic mass is 9.90. The van der Waals surface area contributed by atoms with E-state index in [2.05, 4.69) is 18.7 Å². The molecule has 0 bridgehead atoms. The first-order valence-corrected chi connectivity index (χ1v) is 7.54. The van der Waals surface area contributed by atoms with Gasteiger partial charge in [-0.25, -0.2) is 0 Å². The van der Waals surface area contributed by atoms with Crippen LogP contribution >= 0.6 is 0 Å². The minimum absolute atomic E-state index is 0.0285. The van der Waals surface area contributed by atoms with Crippen LogP contribution in [0.1, 0.15) is 65.2 Å². The Morgan fingerprint density at radius 1 is 1.12 bits per heavy atom. The molecular weight excluding hydrogens is 210 g/mol. The molecule has 1 saturated heterocycles. The fraction of sp³-hybridized carbons (Fsp3) is 1.00. The summed E-state index contributed by atoms with van der Waals surface area (Å²) in [4.78, 5) is 2.53. The van der Waals surface area contributed by atoms with Gasteiger partial charge in [-0.1, -0.05) is 25.7 Å². The molecule has 2 fully saturated rings. The predicted octanol–water partition coefficient (Wildman–Crippen LogP) is 3.19. The molecule has 1 N–H and O–H groups in total. The van der Waals surface area contributed by atoms with Crippen molar-refractivity contribution in [3.63, 3.8) is 0 Å². The second-order valence-corrected chi connectivity index (χ2v) is 6.59. The van der Waals surface area contributed by atoms with Crippen LogP contribution in [0.3, 0.4) is 0 Å². The topological polar surface area (TPSA) is 23.5 Å². The summed E-state index contributed by atoms with van der Waals surface area (Å²) >= 11 is 0. The van der Waals surface area contributed by atoms with Crippen molar-refractivity contribution in [2.75, 3.05) is 13.1 Å². The zero-order chi connectivity index (χ0) is 12.3. The Morgan fingerprint density at radius 3 is 2.24 bits per heavy atom. The standard InChI is InChI=1S/C15H29NO/c1-15(2,14(17)10-9-13-7-8-13)16-11-5-3-4-6-12-16/h13-14,17H,3-12H2,1-2H3. The lowest BCUT2D eigenvalue weighted by Gasteiger charge is -2.41. The molecular formula is C15H29NO. The van der Waals surface area contributed by atoms with E-state index in [0.29, 0.717) is 0 Å². The Labute approximate surface area is 106 Å². The van der Waals surface area contributed by atoms with Crippen molar-refractivity contribution in [1.82, 2.24) is 4.90 Å². The van der Waals surface area contributed by atoms with Gasteiger partial charge in [-0.2, -0.15) is 0 Å². The van der Waals surface area contributed by atoms with Gasteiger partial charge in [-0.3, -0.25) is 4.90 Å². The highest BCUT2D eigenvalue weighted by Gasteiger charge is 2.35. The fourth-order valence-electron chi connectivity index (χ4n) is 3.01. The van der Waals surface area contributed by atoms with Gasteiger partial charge in [0.2, 0.25) is 0 Å². The van der Waals surface area contributed by atoms with E-state index in [0.717, 1.165) is 12.3 Å². The lowest BCUT2D eigenvalue weighted by molar-refractivity contribution is -0.0143. The molecule has 0 aromatic heterocycles. The average Bonchev–Trinajstić information content (AvgIpc) is 3.12. The molecule has 0 spiro atoms. The molecule has 1 unspecified atom stereocenters. The molecule has 100 valence electrons. The summed E-state index contributed by atoms with van der Waals surface area (Å²) in [5, 5.41) is 10.5. The smallest absolute Gasteiger partial charge is 0.0718 e. The van der Waals surface area contributed by atoms with Crippen LogP contribution in [0, 0.1) is 5.92 Å². The van der Waals surface area contributed by atoms with Crippen molar-refractivity contribution >= 4 is 0 Å². The zero-order valence-electron chi connectivity index (χ0n) is 11.6. The van der Waals surface area contributed by atoms with E-state index in [9.17, 15) is 5.11 Å². The minimum atomic E-state index is -0.152. The van der Waals surface area contributed by atoms with Crippen LogP contribution in [0.4, 0.5) is 0 Å². The van der Waals surface area contributed by atoms with Crippen molar-refractivity contribution in [2.45, 2.75) is 76.9 Å². The maximum absolute atomic E-state index is 10.5. The Kier molecular flexibility index (Phi) is 4.48. The molecule has 0 aromatic carbocycles. The van der Waals surface area contributed by atoms with E-state index in [1.165, 1.54) is 58.0 Å². The van der Waals surface area contributed by atoms with Crippen LogP contribution in [-0.2, 0) is 0 Å². The van der Waals surface area contributed by atoms with Crippen LogP contribution in [-0.4, -0.2) is 34.7 Å². The van der Waals surface area contributed by atoms with Crippen LogP contribution in [0.2, 0.25) is 0 Å². The molecule has 1 aliphatic heterocycles.